The molecule has 0 saturated heterocycles. The molecule has 0 atom stereocenters. The minimum absolute atomic E-state index is 0.163. The third-order valence-corrected chi connectivity index (χ3v) is 5.95. The van der Waals surface area contributed by atoms with Crippen LogP contribution >= 0.6 is 23.1 Å². The third-order valence-electron chi connectivity index (χ3n) is 3.78. The van der Waals surface area contributed by atoms with Crippen LogP contribution in [0.3, 0.4) is 0 Å². The van der Waals surface area contributed by atoms with Crippen LogP contribution in [-0.4, -0.2) is 47.4 Å². The summed E-state index contributed by atoms with van der Waals surface area (Å²) in [5, 5.41) is 12.4. The van der Waals surface area contributed by atoms with E-state index in [-0.39, 0.29) is 6.54 Å². The van der Waals surface area contributed by atoms with Crippen LogP contribution in [0.5, 0.6) is 0 Å². The van der Waals surface area contributed by atoms with Gasteiger partial charge in [0.05, 0.1) is 10.8 Å². The summed E-state index contributed by atoms with van der Waals surface area (Å²) in [6.07, 6.45) is 4.21. The zero-order valence-electron chi connectivity index (χ0n) is 12.0. The van der Waals surface area contributed by atoms with Gasteiger partial charge in [0.1, 0.15) is 0 Å². The van der Waals surface area contributed by atoms with Gasteiger partial charge in [0.2, 0.25) is 0 Å². The SMILES string of the molecule is CCN(CC(=O)O)C1CC(NCc2ccc(SC)s2)C1. The van der Waals surface area contributed by atoms with Gasteiger partial charge in [-0.05, 0) is 37.8 Å². The molecule has 2 rings (SSSR count). The van der Waals surface area contributed by atoms with Crippen LogP contribution in [0.25, 0.3) is 0 Å². The van der Waals surface area contributed by atoms with Gasteiger partial charge in [-0.15, -0.1) is 23.1 Å². The fourth-order valence-electron chi connectivity index (χ4n) is 2.53. The van der Waals surface area contributed by atoms with Crippen LogP contribution in [0, 0.1) is 0 Å². The highest BCUT2D eigenvalue weighted by atomic mass is 32.2. The van der Waals surface area contributed by atoms with Crippen LogP contribution in [0.2, 0.25) is 0 Å². The quantitative estimate of drug-likeness (QED) is 0.722. The number of carbonyl (C=O) groups is 1. The molecule has 1 aromatic rings. The Labute approximate surface area is 128 Å². The Bertz CT molecular complexity index is 444. The summed E-state index contributed by atoms with van der Waals surface area (Å²) in [5.41, 5.74) is 0. The molecule has 1 aromatic heterocycles. The second kappa shape index (κ2) is 7.45. The molecule has 2 N–H and O–H groups in total. The average molecular weight is 314 g/mol. The normalized spacial score (nSPS) is 21.9. The minimum Gasteiger partial charge on any atom is -0.480 e. The van der Waals surface area contributed by atoms with Gasteiger partial charge in [-0.25, -0.2) is 0 Å². The number of thiophene rings is 1. The Morgan fingerprint density at radius 2 is 2.30 bits per heavy atom. The van der Waals surface area contributed by atoms with E-state index in [0.29, 0.717) is 12.1 Å². The first kappa shape index (κ1) is 15.8. The van der Waals surface area contributed by atoms with Gasteiger partial charge < -0.3 is 10.4 Å². The standard InChI is InChI=1S/C14H22N2O2S2/c1-3-16(9-13(17)18)11-6-10(7-11)15-8-12-4-5-14(19-2)20-12/h4-5,10-11,15H,3,6-9H2,1-2H3,(H,17,18). The van der Waals surface area contributed by atoms with E-state index >= 15 is 0 Å². The van der Waals surface area contributed by atoms with E-state index in [1.165, 1.54) is 9.09 Å². The third kappa shape index (κ3) is 4.22. The van der Waals surface area contributed by atoms with E-state index in [1.807, 2.05) is 18.3 Å². The van der Waals surface area contributed by atoms with E-state index in [4.69, 9.17) is 5.11 Å². The summed E-state index contributed by atoms with van der Waals surface area (Å²) in [4.78, 5) is 14.2. The van der Waals surface area contributed by atoms with E-state index in [2.05, 4.69) is 28.6 Å². The van der Waals surface area contributed by atoms with Crippen LogP contribution in [0.1, 0.15) is 24.6 Å². The summed E-state index contributed by atoms with van der Waals surface area (Å²) < 4.78 is 1.35. The van der Waals surface area contributed by atoms with Crippen LogP contribution < -0.4 is 5.32 Å². The number of carboxylic acids is 1. The van der Waals surface area contributed by atoms with Crippen molar-refractivity contribution in [3.63, 3.8) is 0 Å². The van der Waals surface area contributed by atoms with Crippen molar-refractivity contribution in [2.24, 2.45) is 0 Å². The smallest absolute Gasteiger partial charge is 0.317 e. The predicted molar refractivity (Wildman–Crippen MR) is 84.6 cm³/mol. The molecule has 20 heavy (non-hydrogen) atoms. The molecule has 0 spiro atoms. The molecule has 1 aliphatic rings. The number of rotatable bonds is 8. The average Bonchev–Trinajstić information content (AvgIpc) is 2.82. The number of thioether (sulfide) groups is 1. The molecule has 1 heterocycles. The molecule has 1 saturated carbocycles. The summed E-state index contributed by atoms with van der Waals surface area (Å²) in [7, 11) is 0. The molecule has 0 bridgehead atoms. The lowest BCUT2D eigenvalue weighted by atomic mass is 9.85. The molecule has 0 unspecified atom stereocenters. The maximum absolute atomic E-state index is 10.8. The molecule has 112 valence electrons. The van der Waals surface area contributed by atoms with Crippen LogP contribution in [-0.2, 0) is 11.3 Å². The van der Waals surface area contributed by atoms with Crippen molar-refractivity contribution >= 4 is 29.1 Å². The van der Waals surface area contributed by atoms with E-state index in [9.17, 15) is 4.79 Å². The summed E-state index contributed by atoms with van der Waals surface area (Å²) in [6, 6.07) is 5.31. The Morgan fingerprint density at radius 1 is 1.55 bits per heavy atom. The summed E-state index contributed by atoms with van der Waals surface area (Å²) in [5.74, 6) is -0.730. The number of likely N-dealkylation sites (N-methyl/N-ethyl adjacent to an activating group) is 1. The zero-order valence-corrected chi connectivity index (χ0v) is 13.6. The first-order chi connectivity index (χ1) is 9.62. The summed E-state index contributed by atoms with van der Waals surface area (Å²) >= 11 is 3.63. The lowest BCUT2D eigenvalue weighted by molar-refractivity contribution is -0.139. The number of nitrogens with zero attached hydrogens (tertiary/aromatic N) is 1. The van der Waals surface area contributed by atoms with E-state index in [1.54, 1.807) is 11.8 Å². The Kier molecular flexibility index (Phi) is 5.89. The van der Waals surface area contributed by atoms with Crippen molar-refractivity contribution < 1.29 is 9.90 Å². The Hall–Kier alpha value is -0.560. The highest BCUT2D eigenvalue weighted by Crippen LogP contribution is 2.28. The Morgan fingerprint density at radius 3 is 2.85 bits per heavy atom. The fourth-order valence-corrected chi connectivity index (χ4v) is 4.08. The first-order valence-electron chi connectivity index (χ1n) is 6.94. The highest BCUT2D eigenvalue weighted by molar-refractivity contribution is 8.00. The van der Waals surface area contributed by atoms with Gasteiger partial charge in [-0.2, -0.15) is 0 Å². The Balaban J connectivity index is 1.69. The topological polar surface area (TPSA) is 52.6 Å². The van der Waals surface area contributed by atoms with Crippen molar-refractivity contribution in [3.05, 3.63) is 17.0 Å². The van der Waals surface area contributed by atoms with Gasteiger partial charge in [0.15, 0.2) is 0 Å². The lowest BCUT2D eigenvalue weighted by Gasteiger charge is -2.42. The van der Waals surface area contributed by atoms with Gasteiger partial charge in [0.25, 0.3) is 0 Å². The minimum atomic E-state index is -0.730. The van der Waals surface area contributed by atoms with Gasteiger partial charge in [0, 0.05) is 23.5 Å². The molecular weight excluding hydrogens is 292 g/mol. The largest absolute Gasteiger partial charge is 0.480 e. The predicted octanol–water partition coefficient (Wildman–Crippen LogP) is 2.50. The molecule has 0 aromatic carbocycles. The molecule has 0 amide bonds. The van der Waals surface area contributed by atoms with E-state index < -0.39 is 5.97 Å². The van der Waals surface area contributed by atoms with Crippen molar-refractivity contribution in [1.82, 2.24) is 10.2 Å². The number of hydrogen-bond donors (Lipinski definition) is 2. The molecular formula is C14H22N2O2S2. The molecule has 0 aliphatic heterocycles. The van der Waals surface area contributed by atoms with Crippen molar-refractivity contribution in [3.8, 4) is 0 Å². The molecule has 1 fully saturated rings. The van der Waals surface area contributed by atoms with Crippen molar-refractivity contribution in [2.75, 3.05) is 19.3 Å². The van der Waals surface area contributed by atoms with Gasteiger partial charge >= 0.3 is 5.97 Å². The number of nitrogens with one attached hydrogen (secondary N) is 1. The molecule has 4 nitrogen and oxygen atoms in total. The number of hydrogen-bond acceptors (Lipinski definition) is 5. The second-order valence-electron chi connectivity index (χ2n) is 5.08. The molecule has 1 aliphatic carbocycles. The molecule has 0 radical (unpaired) electrons. The maximum atomic E-state index is 10.8. The van der Waals surface area contributed by atoms with Crippen molar-refractivity contribution in [1.29, 1.82) is 0 Å². The van der Waals surface area contributed by atoms with Crippen molar-refractivity contribution in [2.45, 2.75) is 42.6 Å². The fraction of sp³-hybridized carbons (Fsp3) is 0.643. The van der Waals surface area contributed by atoms with Crippen LogP contribution in [0.4, 0.5) is 0 Å². The number of aliphatic carboxylic acids is 1. The van der Waals surface area contributed by atoms with Gasteiger partial charge in [-0.1, -0.05) is 6.92 Å². The highest BCUT2D eigenvalue weighted by Gasteiger charge is 2.33. The van der Waals surface area contributed by atoms with Crippen LogP contribution in [0.15, 0.2) is 16.3 Å². The molecule has 6 heteroatoms. The van der Waals surface area contributed by atoms with Gasteiger partial charge in [-0.3, -0.25) is 9.69 Å². The second-order valence-corrected chi connectivity index (χ2v) is 7.36. The lowest BCUT2D eigenvalue weighted by Crippen LogP contribution is -2.53. The van der Waals surface area contributed by atoms with E-state index in [0.717, 1.165) is 25.9 Å². The number of carboxylic acid groups (broad SMARTS) is 1. The monoisotopic (exact) mass is 314 g/mol. The first-order valence-corrected chi connectivity index (χ1v) is 8.98. The summed E-state index contributed by atoms with van der Waals surface area (Å²) in [6.45, 7) is 3.93. The zero-order chi connectivity index (χ0) is 14.5. The maximum Gasteiger partial charge on any atom is 0.317 e.